The topological polar surface area (TPSA) is 65.6 Å². The molecule has 1 aliphatic heterocycles. The third-order valence-corrected chi connectivity index (χ3v) is 4.87. The zero-order chi connectivity index (χ0) is 19.1. The molecule has 5 nitrogen and oxygen atoms in total. The Morgan fingerprint density at radius 1 is 1.11 bits per heavy atom. The molecule has 0 atom stereocenters. The molecule has 0 aromatic heterocycles. The maximum Gasteiger partial charge on any atom is 0.128 e. The lowest BCUT2D eigenvalue weighted by molar-refractivity contribution is 0.262. The summed E-state index contributed by atoms with van der Waals surface area (Å²) in [6, 6.07) is 14.1. The lowest BCUT2D eigenvalue weighted by atomic mass is 10.2. The first-order valence-corrected chi connectivity index (χ1v) is 9.41. The Morgan fingerprint density at radius 2 is 1.93 bits per heavy atom. The van der Waals surface area contributed by atoms with Crippen molar-refractivity contribution in [2.75, 3.05) is 43.4 Å². The Kier molecular flexibility index (Phi) is 6.49. The second-order valence-corrected chi connectivity index (χ2v) is 6.88. The van der Waals surface area contributed by atoms with Crippen LogP contribution in [-0.2, 0) is 0 Å². The van der Waals surface area contributed by atoms with Crippen molar-refractivity contribution in [2.24, 2.45) is 0 Å². The summed E-state index contributed by atoms with van der Waals surface area (Å²) in [7, 11) is 0. The number of nitrogens with zero attached hydrogens (tertiary/aromatic N) is 2. The molecule has 1 fully saturated rings. The van der Waals surface area contributed by atoms with Crippen molar-refractivity contribution in [2.45, 2.75) is 13.3 Å². The van der Waals surface area contributed by atoms with Gasteiger partial charge in [-0.2, -0.15) is 0 Å². The van der Waals surface area contributed by atoms with Crippen LogP contribution in [0, 0.1) is 12.3 Å². The van der Waals surface area contributed by atoms with Crippen LogP contribution in [0.25, 0.3) is 0 Å². The van der Waals surface area contributed by atoms with Crippen LogP contribution in [0.3, 0.4) is 0 Å². The average molecular weight is 364 g/mol. The van der Waals surface area contributed by atoms with Gasteiger partial charge in [-0.3, -0.25) is 4.90 Å². The van der Waals surface area contributed by atoms with Crippen LogP contribution in [0.5, 0.6) is 5.75 Å². The number of piperazine rings is 1. The summed E-state index contributed by atoms with van der Waals surface area (Å²) in [5.41, 5.74) is 9.76. The van der Waals surface area contributed by atoms with E-state index in [-0.39, 0.29) is 0 Å². The van der Waals surface area contributed by atoms with Crippen molar-refractivity contribution in [3.8, 4) is 5.75 Å². The molecule has 3 rings (SSSR count). The quantitative estimate of drug-likeness (QED) is 0.447. The maximum absolute atomic E-state index is 7.25. The fourth-order valence-electron chi connectivity index (χ4n) is 3.26. The van der Waals surface area contributed by atoms with Crippen molar-refractivity contribution < 1.29 is 4.74 Å². The zero-order valence-electron chi connectivity index (χ0n) is 15.9. The van der Waals surface area contributed by atoms with Gasteiger partial charge in [0.1, 0.15) is 5.75 Å². The van der Waals surface area contributed by atoms with Gasteiger partial charge in [0.2, 0.25) is 0 Å². The SMILES string of the molecule is Cc1cccc(N2CCN(CC/C=C/Oc3ccc(C=N)c(N)c3)CC2)c1. The molecule has 0 bridgehead atoms. The summed E-state index contributed by atoms with van der Waals surface area (Å²) < 4.78 is 5.60. The van der Waals surface area contributed by atoms with Gasteiger partial charge in [-0.25, -0.2) is 0 Å². The lowest BCUT2D eigenvalue weighted by Crippen LogP contribution is -2.46. The molecule has 1 aliphatic rings. The third-order valence-electron chi connectivity index (χ3n) is 4.87. The Balaban J connectivity index is 1.38. The van der Waals surface area contributed by atoms with E-state index in [0.29, 0.717) is 17.0 Å². The number of rotatable bonds is 7. The van der Waals surface area contributed by atoms with Gasteiger partial charge in [0.25, 0.3) is 0 Å². The largest absolute Gasteiger partial charge is 0.465 e. The predicted molar refractivity (Wildman–Crippen MR) is 113 cm³/mol. The van der Waals surface area contributed by atoms with Crippen LogP contribution in [0.1, 0.15) is 17.5 Å². The number of nitrogens with one attached hydrogen (secondary N) is 1. The summed E-state index contributed by atoms with van der Waals surface area (Å²) in [5, 5.41) is 7.25. The minimum Gasteiger partial charge on any atom is -0.465 e. The van der Waals surface area contributed by atoms with Crippen molar-refractivity contribution in [1.29, 1.82) is 5.41 Å². The average Bonchev–Trinajstić information content (AvgIpc) is 2.68. The zero-order valence-corrected chi connectivity index (χ0v) is 15.9. The van der Waals surface area contributed by atoms with Crippen LogP contribution in [0.15, 0.2) is 54.8 Å². The van der Waals surface area contributed by atoms with E-state index in [9.17, 15) is 0 Å². The highest BCUT2D eigenvalue weighted by Crippen LogP contribution is 2.19. The molecule has 0 spiro atoms. The fourth-order valence-corrected chi connectivity index (χ4v) is 3.26. The molecule has 0 unspecified atom stereocenters. The van der Waals surface area contributed by atoms with Crippen molar-refractivity contribution >= 4 is 17.6 Å². The van der Waals surface area contributed by atoms with Crippen LogP contribution in [-0.4, -0.2) is 43.8 Å². The first-order valence-electron chi connectivity index (χ1n) is 9.41. The molecule has 0 saturated carbocycles. The fraction of sp³-hybridized carbons (Fsp3) is 0.318. The molecule has 0 amide bonds. The minimum atomic E-state index is 0.558. The van der Waals surface area contributed by atoms with Crippen LogP contribution >= 0.6 is 0 Å². The van der Waals surface area contributed by atoms with Gasteiger partial charge >= 0.3 is 0 Å². The van der Waals surface area contributed by atoms with Gasteiger partial charge < -0.3 is 20.8 Å². The highest BCUT2D eigenvalue weighted by Gasteiger charge is 2.16. The second-order valence-electron chi connectivity index (χ2n) is 6.88. The molecule has 27 heavy (non-hydrogen) atoms. The summed E-state index contributed by atoms with van der Waals surface area (Å²) in [4.78, 5) is 4.96. The van der Waals surface area contributed by atoms with E-state index >= 15 is 0 Å². The number of anilines is 2. The first-order chi connectivity index (χ1) is 13.2. The van der Waals surface area contributed by atoms with E-state index in [4.69, 9.17) is 15.9 Å². The number of benzene rings is 2. The normalized spacial score (nSPS) is 15.2. The van der Waals surface area contributed by atoms with Crippen molar-refractivity contribution in [1.82, 2.24) is 4.90 Å². The minimum absolute atomic E-state index is 0.558. The van der Waals surface area contributed by atoms with Crippen LogP contribution < -0.4 is 15.4 Å². The van der Waals surface area contributed by atoms with Gasteiger partial charge in [-0.05, 0) is 49.2 Å². The highest BCUT2D eigenvalue weighted by atomic mass is 16.5. The third kappa shape index (κ3) is 5.34. The summed E-state index contributed by atoms with van der Waals surface area (Å²) >= 11 is 0. The van der Waals surface area contributed by atoms with Gasteiger partial charge in [-0.1, -0.05) is 12.1 Å². The molecule has 1 saturated heterocycles. The summed E-state index contributed by atoms with van der Waals surface area (Å²) in [6.45, 7) is 7.50. The molecule has 0 aliphatic carbocycles. The molecule has 0 radical (unpaired) electrons. The second kappa shape index (κ2) is 9.24. The summed E-state index contributed by atoms with van der Waals surface area (Å²) in [5.74, 6) is 0.695. The van der Waals surface area contributed by atoms with E-state index in [1.54, 1.807) is 18.4 Å². The number of hydrogen-bond donors (Lipinski definition) is 2. The van der Waals surface area contributed by atoms with E-state index in [1.807, 2.05) is 12.1 Å². The predicted octanol–water partition coefficient (Wildman–Crippen LogP) is 3.68. The molecule has 5 heteroatoms. The Hall–Kier alpha value is -2.79. The van der Waals surface area contributed by atoms with E-state index in [0.717, 1.165) is 39.1 Å². The van der Waals surface area contributed by atoms with Crippen molar-refractivity contribution in [3.63, 3.8) is 0 Å². The molecular formula is C22H28N4O. The Morgan fingerprint density at radius 3 is 2.63 bits per heavy atom. The standard InChI is InChI=1S/C22H28N4O/c1-18-5-4-6-20(15-18)26-12-10-25(11-13-26)9-2-3-14-27-21-8-7-19(17-23)22(24)16-21/h3-8,14-17,23H,2,9-13,24H2,1H3/b14-3+,23-17?. The lowest BCUT2D eigenvalue weighted by Gasteiger charge is -2.36. The first kappa shape index (κ1) is 19.0. The molecule has 3 N–H and O–H groups in total. The molecular weight excluding hydrogens is 336 g/mol. The van der Waals surface area contributed by atoms with Crippen molar-refractivity contribution in [3.05, 3.63) is 65.9 Å². The summed E-state index contributed by atoms with van der Waals surface area (Å²) in [6.07, 6.45) is 5.97. The number of aryl methyl sites for hydroxylation is 1. The van der Waals surface area contributed by atoms with Gasteiger partial charge in [0.15, 0.2) is 0 Å². The van der Waals surface area contributed by atoms with Gasteiger partial charge in [0.05, 0.1) is 6.26 Å². The molecule has 142 valence electrons. The number of hydrogen-bond acceptors (Lipinski definition) is 5. The monoisotopic (exact) mass is 364 g/mol. The molecule has 2 aromatic carbocycles. The van der Waals surface area contributed by atoms with Gasteiger partial charge in [-0.15, -0.1) is 0 Å². The van der Waals surface area contributed by atoms with Crippen LogP contribution in [0.2, 0.25) is 0 Å². The van der Waals surface area contributed by atoms with E-state index in [1.165, 1.54) is 17.5 Å². The number of nitrogens with two attached hydrogens (primary N) is 1. The van der Waals surface area contributed by atoms with E-state index < -0.39 is 0 Å². The molecule has 1 heterocycles. The number of ether oxygens (including phenoxy) is 1. The van der Waals surface area contributed by atoms with E-state index in [2.05, 4.69) is 41.0 Å². The van der Waals surface area contributed by atoms with Crippen LogP contribution in [0.4, 0.5) is 11.4 Å². The Labute approximate surface area is 161 Å². The molecule has 2 aromatic rings. The Bertz CT molecular complexity index is 795. The highest BCUT2D eigenvalue weighted by molar-refractivity contribution is 5.85. The number of nitrogen functional groups attached to an aromatic ring is 1. The van der Waals surface area contributed by atoms with Gasteiger partial charge in [0, 0.05) is 61.9 Å². The smallest absolute Gasteiger partial charge is 0.128 e. The maximum atomic E-state index is 7.25.